The Morgan fingerprint density at radius 2 is 2.03 bits per heavy atom. The van der Waals surface area contributed by atoms with E-state index >= 15 is 0 Å². The summed E-state index contributed by atoms with van der Waals surface area (Å²) in [6, 6.07) is 7.82. The van der Waals surface area contributed by atoms with Crippen LogP contribution in [-0.4, -0.2) is 38.0 Å². The molecule has 0 radical (unpaired) electrons. The van der Waals surface area contributed by atoms with E-state index in [1.165, 1.54) is 12.1 Å². The van der Waals surface area contributed by atoms with Gasteiger partial charge in [-0.2, -0.15) is 5.10 Å². The molecular weight excluding hydrogens is 409 g/mol. The summed E-state index contributed by atoms with van der Waals surface area (Å²) in [5.41, 5.74) is 5.28. The molecule has 166 valence electrons. The zero-order chi connectivity index (χ0) is 22.8. The van der Waals surface area contributed by atoms with Crippen LogP contribution in [0.1, 0.15) is 55.8 Å². The molecule has 0 unspecified atom stereocenters. The Hall–Kier alpha value is -3.55. The van der Waals surface area contributed by atoms with Gasteiger partial charge in [-0.15, -0.1) is 0 Å². The lowest BCUT2D eigenvalue weighted by Gasteiger charge is -2.30. The van der Waals surface area contributed by atoms with Crippen LogP contribution in [0.4, 0.5) is 4.39 Å². The summed E-state index contributed by atoms with van der Waals surface area (Å²) in [7, 11) is 1.76. The number of rotatable bonds is 5. The summed E-state index contributed by atoms with van der Waals surface area (Å²) in [5, 5.41) is 7.31. The van der Waals surface area contributed by atoms with Gasteiger partial charge in [-0.05, 0) is 54.7 Å². The fraction of sp³-hybridized carbons (Fsp3) is 0.333. The van der Waals surface area contributed by atoms with Gasteiger partial charge in [0.2, 0.25) is 0 Å². The number of halogens is 1. The van der Waals surface area contributed by atoms with E-state index in [2.05, 4.69) is 15.4 Å². The van der Waals surface area contributed by atoms with E-state index in [1.54, 1.807) is 41.0 Å². The first-order valence-electron chi connectivity index (χ1n) is 10.7. The average Bonchev–Trinajstić information content (AvgIpc) is 3.18. The highest BCUT2D eigenvalue weighted by Crippen LogP contribution is 2.25. The number of pyridine rings is 1. The molecule has 0 atom stereocenters. The Labute approximate surface area is 186 Å². The van der Waals surface area contributed by atoms with Gasteiger partial charge >= 0.3 is 0 Å². The van der Waals surface area contributed by atoms with Crippen LogP contribution in [0.2, 0.25) is 0 Å². The van der Waals surface area contributed by atoms with Gasteiger partial charge in [-0.3, -0.25) is 19.3 Å². The number of nitrogens with zero attached hydrogens (tertiary/aromatic N) is 4. The van der Waals surface area contributed by atoms with E-state index in [0.717, 1.165) is 34.5 Å². The molecule has 2 aromatic heterocycles. The Bertz CT molecular complexity index is 1190. The third-order valence-corrected chi connectivity index (χ3v) is 5.94. The molecule has 2 amide bonds. The minimum atomic E-state index is -0.518. The molecule has 3 aromatic rings. The molecule has 0 aliphatic carbocycles. The number of carbonyl (C=O) groups is 2. The molecule has 0 bridgehead atoms. The fourth-order valence-electron chi connectivity index (χ4n) is 4.11. The van der Waals surface area contributed by atoms with Gasteiger partial charge in [0, 0.05) is 38.6 Å². The van der Waals surface area contributed by atoms with E-state index < -0.39 is 5.82 Å². The van der Waals surface area contributed by atoms with Crippen molar-refractivity contribution >= 4 is 11.8 Å². The molecule has 3 heterocycles. The predicted molar refractivity (Wildman–Crippen MR) is 118 cm³/mol. The lowest BCUT2D eigenvalue weighted by atomic mass is 9.94. The summed E-state index contributed by atoms with van der Waals surface area (Å²) < 4.78 is 15.7. The molecule has 1 aromatic carbocycles. The standard InChI is InChI=1S/C24H26FN5O2/c1-4-17-11-22(29(3)28-17)23(31)27-13-20-15(2)26-12-16-14-30(10-9-18(16)20)24(32)19-7-5-6-8-21(19)25/h5-8,11-12H,4,9-10,13-14H2,1-3H3,(H,27,31). The van der Waals surface area contributed by atoms with Crippen molar-refractivity contribution < 1.29 is 14.0 Å². The summed E-state index contributed by atoms with van der Waals surface area (Å²) in [6.07, 6.45) is 3.15. The minimum Gasteiger partial charge on any atom is -0.347 e. The quantitative estimate of drug-likeness (QED) is 0.668. The topological polar surface area (TPSA) is 80.1 Å². The van der Waals surface area contributed by atoms with Crippen LogP contribution in [-0.2, 0) is 33.0 Å². The Balaban J connectivity index is 1.51. The number of aryl methyl sites for hydroxylation is 3. The molecule has 8 heteroatoms. The highest BCUT2D eigenvalue weighted by atomic mass is 19.1. The van der Waals surface area contributed by atoms with Crippen LogP contribution in [0.5, 0.6) is 0 Å². The predicted octanol–water partition coefficient (Wildman–Crippen LogP) is 2.95. The summed E-state index contributed by atoms with van der Waals surface area (Å²) in [6.45, 7) is 5.09. The van der Waals surface area contributed by atoms with E-state index in [9.17, 15) is 14.0 Å². The Kier molecular flexibility index (Phi) is 6.03. The molecule has 1 N–H and O–H groups in total. The number of benzene rings is 1. The highest BCUT2D eigenvalue weighted by molar-refractivity contribution is 5.94. The van der Waals surface area contributed by atoms with Crippen molar-refractivity contribution in [2.45, 2.75) is 39.8 Å². The zero-order valence-corrected chi connectivity index (χ0v) is 18.5. The molecule has 1 aliphatic heterocycles. The smallest absolute Gasteiger partial charge is 0.269 e. The van der Waals surface area contributed by atoms with Crippen LogP contribution in [0.3, 0.4) is 0 Å². The Morgan fingerprint density at radius 1 is 1.25 bits per heavy atom. The van der Waals surface area contributed by atoms with Gasteiger partial charge < -0.3 is 10.2 Å². The van der Waals surface area contributed by atoms with Crippen molar-refractivity contribution in [3.05, 3.63) is 81.7 Å². The van der Waals surface area contributed by atoms with Gasteiger partial charge in [-0.25, -0.2) is 4.39 Å². The number of hydrogen-bond acceptors (Lipinski definition) is 4. The minimum absolute atomic E-state index is 0.0751. The number of amides is 2. The third kappa shape index (κ3) is 4.12. The molecule has 0 saturated carbocycles. The van der Waals surface area contributed by atoms with E-state index in [4.69, 9.17) is 0 Å². The van der Waals surface area contributed by atoms with E-state index in [1.807, 2.05) is 13.8 Å². The molecule has 0 fully saturated rings. The number of nitrogens with one attached hydrogen (secondary N) is 1. The van der Waals surface area contributed by atoms with Gasteiger partial charge in [-0.1, -0.05) is 19.1 Å². The zero-order valence-electron chi connectivity index (χ0n) is 18.5. The molecule has 7 nitrogen and oxygen atoms in total. The highest BCUT2D eigenvalue weighted by Gasteiger charge is 2.26. The number of carbonyl (C=O) groups excluding carboxylic acids is 2. The van der Waals surface area contributed by atoms with Crippen LogP contribution in [0, 0.1) is 12.7 Å². The molecule has 4 rings (SSSR count). The number of aromatic nitrogens is 3. The maximum atomic E-state index is 14.1. The van der Waals surface area contributed by atoms with Crippen molar-refractivity contribution in [2.75, 3.05) is 6.54 Å². The summed E-state index contributed by atoms with van der Waals surface area (Å²) in [4.78, 5) is 31.6. The van der Waals surface area contributed by atoms with E-state index in [0.29, 0.717) is 31.7 Å². The van der Waals surface area contributed by atoms with Gasteiger partial charge in [0.1, 0.15) is 11.5 Å². The van der Waals surface area contributed by atoms with Crippen LogP contribution in [0.15, 0.2) is 36.5 Å². The largest absolute Gasteiger partial charge is 0.347 e. The van der Waals surface area contributed by atoms with Crippen LogP contribution < -0.4 is 5.32 Å². The lowest BCUT2D eigenvalue weighted by molar-refractivity contribution is 0.0729. The fourth-order valence-corrected chi connectivity index (χ4v) is 4.11. The van der Waals surface area contributed by atoms with Crippen LogP contribution in [0.25, 0.3) is 0 Å². The second-order valence-electron chi connectivity index (χ2n) is 7.96. The Morgan fingerprint density at radius 3 is 2.75 bits per heavy atom. The summed E-state index contributed by atoms with van der Waals surface area (Å²) >= 11 is 0. The van der Waals surface area contributed by atoms with E-state index in [-0.39, 0.29) is 17.4 Å². The first kappa shape index (κ1) is 21.7. The summed E-state index contributed by atoms with van der Waals surface area (Å²) in [5.74, 6) is -1.04. The second-order valence-corrected chi connectivity index (χ2v) is 7.96. The van der Waals surface area contributed by atoms with Crippen molar-refractivity contribution in [1.82, 2.24) is 25.0 Å². The number of fused-ring (bicyclic) bond motifs is 1. The normalized spacial score (nSPS) is 13.1. The number of hydrogen-bond donors (Lipinski definition) is 1. The first-order chi connectivity index (χ1) is 15.4. The third-order valence-electron chi connectivity index (χ3n) is 5.94. The molecule has 32 heavy (non-hydrogen) atoms. The van der Waals surface area contributed by atoms with Crippen LogP contribution >= 0.6 is 0 Å². The molecule has 0 saturated heterocycles. The lowest BCUT2D eigenvalue weighted by Crippen LogP contribution is -2.37. The van der Waals surface area contributed by atoms with Gasteiger partial charge in [0.25, 0.3) is 11.8 Å². The SMILES string of the molecule is CCc1cc(C(=O)NCc2c(C)ncc3c2CCN(C(=O)c2ccccc2F)C3)n(C)n1. The second kappa shape index (κ2) is 8.90. The monoisotopic (exact) mass is 435 g/mol. The van der Waals surface area contributed by atoms with Crippen molar-refractivity contribution in [3.63, 3.8) is 0 Å². The average molecular weight is 436 g/mol. The maximum Gasteiger partial charge on any atom is 0.269 e. The maximum absolute atomic E-state index is 14.1. The molecule has 1 aliphatic rings. The van der Waals surface area contributed by atoms with Crippen molar-refractivity contribution in [2.24, 2.45) is 7.05 Å². The first-order valence-corrected chi connectivity index (χ1v) is 10.7. The molecule has 0 spiro atoms. The van der Waals surface area contributed by atoms with Gasteiger partial charge in [0.05, 0.1) is 11.3 Å². The van der Waals surface area contributed by atoms with Crippen molar-refractivity contribution in [3.8, 4) is 0 Å². The molecular formula is C24H26FN5O2. The van der Waals surface area contributed by atoms with Gasteiger partial charge in [0.15, 0.2) is 0 Å². The van der Waals surface area contributed by atoms with Crippen molar-refractivity contribution in [1.29, 1.82) is 0 Å².